The van der Waals surface area contributed by atoms with E-state index in [-0.39, 0.29) is 109 Å². The van der Waals surface area contributed by atoms with E-state index < -0.39 is 41.3 Å². The fourth-order valence-electron chi connectivity index (χ4n) is 16.4. The molecule has 1 aromatic heterocycles. The van der Waals surface area contributed by atoms with E-state index in [2.05, 4.69) is 87.1 Å². The van der Waals surface area contributed by atoms with E-state index in [1.807, 2.05) is 24.3 Å². The standard InChI is InChI=1S/C73H107F2N15O9/c1-48(76-4)69(95)84-68(50-13-6-5-7-14-50)71(97)90-43-54(37-61(90)70(96)83-59-17-10-15-49-12-8-9-16-56(49)59)82-65(92)19-18-64(91)79-26-32-98-33-31-87-40-51-34-55(35-52(51)41-87)99-45-67(94)78-25-11-24-77-62-39-63(81-47-80-62)88-29-22-73(23-30-88)46-89(44-66(93)85-73)60-38-57(74)53(36-58(60)75)42-86-27-20-72(2,3)21-28-86/h8-9,12,16,36,38-39,47-48,50-52,54-55,59,61,68,76H,5-7,10-11,13-15,17-35,37,40-46H2,1-4H3,(H,78,94)(H,79,91)(H,82,92)(H,83,96)(H,84,95)(H,85,93)(H,77,80,81)/t48-,51-,52+,54-,55?,59-,61-,68-/m0/s1. The fraction of sp³-hybridized carbons (Fsp3) is 0.685. The molecule has 3 aromatic rings. The number of nitrogens with one attached hydrogen (secondary N) is 8. The van der Waals surface area contributed by atoms with Crippen LogP contribution >= 0.6 is 0 Å². The van der Waals surface area contributed by atoms with Gasteiger partial charge in [0.25, 0.3) is 0 Å². The molecular weight excluding hydrogens is 1270 g/mol. The maximum Gasteiger partial charge on any atom is 0.246 e. The monoisotopic (exact) mass is 1380 g/mol. The number of halogens is 2. The molecule has 8 aliphatic rings. The third kappa shape index (κ3) is 19.7. The summed E-state index contributed by atoms with van der Waals surface area (Å²) < 4.78 is 43.3. The van der Waals surface area contributed by atoms with Gasteiger partial charge < -0.3 is 71.6 Å². The van der Waals surface area contributed by atoms with Crippen LogP contribution in [0, 0.1) is 34.8 Å². The summed E-state index contributed by atoms with van der Waals surface area (Å²) in [6.45, 7) is 14.7. The summed E-state index contributed by atoms with van der Waals surface area (Å²) >= 11 is 0. The number of aromatic nitrogens is 2. The van der Waals surface area contributed by atoms with Crippen molar-refractivity contribution in [2.24, 2.45) is 23.2 Å². The third-order valence-corrected chi connectivity index (χ3v) is 22.4. The Morgan fingerprint density at radius 2 is 1.52 bits per heavy atom. The molecule has 8 atom stereocenters. The van der Waals surface area contributed by atoms with E-state index in [0.29, 0.717) is 102 Å². The maximum absolute atomic E-state index is 15.8. The first-order valence-corrected chi connectivity index (χ1v) is 36.7. The Bertz CT molecular complexity index is 3270. The van der Waals surface area contributed by atoms with Crippen molar-refractivity contribution < 1.29 is 51.8 Å². The maximum atomic E-state index is 15.8. The molecule has 7 fully saturated rings. The number of hydrogen-bond donors (Lipinski definition) is 8. The van der Waals surface area contributed by atoms with Gasteiger partial charge in [-0.2, -0.15) is 0 Å². The lowest BCUT2D eigenvalue weighted by Gasteiger charge is -2.48. The van der Waals surface area contributed by atoms with E-state index >= 15 is 8.78 Å². The number of carbonyl (C=O) groups is 7. The number of anilines is 3. The van der Waals surface area contributed by atoms with Gasteiger partial charge in [-0.3, -0.25) is 38.5 Å². The summed E-state index contributed by atoms with van der Waals surface area (Å²) in [5.41, 5.74) is 2.39. The number of piperazine rings is 1. The molecule has 1 spiro atoms. The molecule has 5 saturated heterocycles. The Balaban J connectivity index is 0.528. The van der Waals surface area contributed by atoms with Crippen molar-refractivity contribution >= 4 is 58.7 Å². The van der Waals surface area contributed by atoms with E-state index in [1.165, 1.54) is 24.0 Å². The highest BCUT2D eigenvalue weighted by molar-refractivity contribution is 5.94. The third-order valence-electron chi connectivity index (χ3n) is 22.4. The van der Waals surface area contributed by atoms with E-state index in [9.17, 15) is 33.6 Å². The second-order valence-electron chi connectivity index (χ2n) is 30.1. The van der Waals surface area contributed by atoms with Crippen molar-refractivity contribution in [1.82, 2.24) is 61.9 Å². The average Bonchev–Trinajstić information content (AvgIpc) is 0.995. The number of rotatable bonds is 29. The van der Waals surface area contributed by atoms with Crippen LogP contribution in [-0.2, 0) is 56.0 Å². The van der Waals surface area contributed by atoms with Crippen molar-refractivity contribution in [2.75, 3.05) is 127 Å². The highest BCUT2D eigenvalue weighted by Crippen LogP contribution is 2.40. The molecule has 5 aliphatic heterocycles. The number of piperidine rings is 2. The number of ether oxygens (including phenoxy) is 2. The summed E-state index contributed by atoms with van der Waals surface area (Å²) in [5.74, 6) is -0.535. The van der Waals surface area contributed by atoms with E-state index in [4.69, 9.17) is 9.47 Å². The first-order valence-electron chi connectivity index (χ1n) is 36.7. The minimum absolute atomic E-state index is 0.0103. The van der Waals surface area contributed by atoms with Gasteiger partial charge in [0.15, 0.2) is 0 Å². The first-order chi connectivity index (χ1) is 47.8. The highest BCUT2D eigenvalue weighted by atomic mass is 19.1. The molecule has 3 aliphatic carbocycles. The van der Waals surface area contributed by atoms with Crippen molar-refractivity contribution in [3.8, 4) is 0 Å². The summed E-state index contributed by atoms with van der Waals surface area (Å²) in [5, 5.41) is 24.6. The second-order valence-corrected chi connectivity index (χ2v) is 30.1. The number of aryl methyl sites for hydroxylation is 1. The highest BCUT2D eigenvalue weighted by Gasteiger charge is 2.47. The molecule has 2 saturated carbocycles. The lowest BCUT2D eigenvalue weighted by molar-refractivity contribution is -0.143. The van der Waals surface area contributed by atoms with Crippen LogP contribution in [0.15, 0.2) is 48.8 Å². The van der Waals surface area contributed by atoms with Gasteiger partial charge in [0.1, 0.15) is 48.3 Å². The molecule has 8 N–H and O–H groups in total. The largest absolute Gasteiger partial charge is 0.378 e. The molecule has 2 aromatic carbocycles. The minimum atomic E-state index is -0.861. The number of amides is 7. The predicted octanol–water partition coefficient (Wildman–Crippen LogP) is 4.86. The Kier molecular flexibility index (Phi) is 25.1. The topological polar surface area (TPSA) is 276 Å². The lowest BCUT2D eigenvalue weighted by atomic mass is 9.82. The van der Waals surface area contributed by atoms with Gasteiger partial charge in [-0.15, -0.1) is 0 Å². The molecule has 26 heteroatoms. The van der Waals surface area contributed by atoms with Crippen molar-refractivity contribution in [3.05, 3.63) is 77.1 Å². The van der Waals surface area contributed by atoms with Crippen LogP contribution in [-0.4, -0.2) is 214 Å². The van der Waals surface area contributed by atoms with Crippen LogP contribution in [0.3, 0.4) is 0 Å². The summed E-state index contributed by atoms with van der Waals surface area (Å²) in [4.78, 5) is 114. The number of nitrogens with zero attached hydrogens (tertiary/aromatic N) is 7. The van der Waals surface area contributed by atoms with Crippen LogP contribution in [0.1, 0.15) is 153 Å². The second kappa shape index (κ2) is 34.0. The van der Waals surface area contributed by atoms with Gasteiger partial charge in [-0.05, 0) is 151 Å². The van der Waals surface area contributed by atoms with Crippen LogP contribution < -0.4 is 52.3 Å². The van der Waals surface area contributed by atoms with Gasteiger partial charge >= 0.3 is 0 Å². The smallest absolute Gasteiger partial charge is 0.246 e. The van der Waals surface area contributed by atoms with E-state index in [1.54, 1.807) is 23.8 Å². The van der Waals surface area contributed by atoms with Crippen molar-refractivity contribution in [2.45, 2.75) is 185 Å². The summed E-state index contributed by atoms with van der Waals surface area (Å²) in [6, 6.07) is 9.65. The number of likely N-dealkylation sites (N-methyl/N-ethyl adjacent to an activating group) is 1. The predicted molar refractivity (Wildman–Crippen MR) is 372 cm³/mol. The molecule has 542 valence electrons. The number of likely N-dealkylation sites (tertiary alicyclic amines) is 3. The van der Waals surface area contributed by atoms with Crippen LogP contribution in [0.4, 0.5) is 26.1 Å². The summed E-state index contributed by atoms with van der Waals surface area (Å²) in [7, 11) is 1.69. The molecular formula is C73H107F2N15O9. The fourth-order valence-corrected chi connectivity index (χ4v) is 16.4. The molecule has 7 amide bonds. The Hall–Kier alpha value is -7.13. The van der Waals surface area contributed by atoms with E-state index in [0.717, 1.165) is 121 Å². The van der Waals surface area contributed by atoms with Gasteiger partial charge in [-0.1, -0.05) is 57.4 Å². The van der Waals surface area contributed by atoms with Crippen LogP contribution in [0.2, 0.25) is 0 Å². The molecule has 1 unspecified atom stereocenters. The van der Waals surface area contributed by atoms with Crippen LogP contribution in [0.5, 0.6) is 0 Å². The van der Waals surface area contributed by atoms with Gasteiger partial charge in [0, 0.05) is 109 Å². The Morgan fingerprint density at radius 3 is 2.28 bits per heavy atom. The molecule has 6 heterocycles. The number of benzene rings is 2. The number of carbonyl (C=O) groups excluding carboxylic acids is 7. The number of hydrogen-bond acceptors (Lipinski definition) is 17. The number of fused-ring (bicyclic) bond motifs is 2. The molecule has 0 radical (unpaired) electrons. The van der Waals surface area contributed by atoms with Gasteiger partial charge in [0.2, 0.25) is 41.4 Å². The molecule has 11 rings (SSSR count). The molecule has 99 heavy (non-hydrogen) atoms. The lowest BCUT2D eigenvalue weighted by Crippen LogP contribution is -2.66. The summed E-state index contributed by atoms with van der Waals surface area (Å²) in [6.07, 6.45) is 14.5. The Labute approximate surface area is 582 Å². The Morgan fingerprint density at radius 1 is 0.768 bits per heavy atom. The quantitative estimate of drug-likeness (QED) is 0.0431. The first kappa shape index (κ1) is 73.1. The van der Waals surface area contributed by atoms with Gasteiger partial charge in [-0.25, -0.2) is 18.7 Å². The molecule has 24 nitrogen and oxygen atoms in total. The average molecular weight is 1380 g/mol. The van der Waals surface area contributed by atoms with Crippen LogP contribution in [0.25, 0.3) is 0 Å². The zero-order valence-electron chi connectivity index (χ0n) is 58.6. The molecule has 0 bridgehead atoms. The minimum Gasteiger partial charge on any atom is -0.378 e. The van der Waals surface area contributed by atoms with Gasteiger partial charge in [0.05, 0.1) is 49.2 Å². The normalized spacial score (nSPS) is 24.5. The zero-order valence-corrected chi connectivity index (χ0v) is 58.6. The SMILES string of the molecule is CN[C@@H](C)C(=O)N[C@H](C(=O)N1C[C@@H](NC(=O)CCC(=O)NCCOCCN2C[C@H]3CC(OCC(=O)NCCCNc4cc(N5CCC6(CC5)CN(c5cc(F)c(CN7CCC(C)(C)CC7)cc5F)CC(=O)N6)ncn4)C[C@H]3C2)C[C@H]1C(=O)N[C@H]1CCCc2ccccc21)C1CCCCC1. The van der Waals surface area contributed by atoms with Crippen molar-refractivity contribution in [3.63, 3.8) is 0 Å². The van der Waals surface area contributed by atoms with Crippen molar-refractivity contribution in [1.29, 1.82) is 0 Å². The zero-order chi connectivity index (χ0) is 69.6.